The van der Waals surface area contributed by atoms with Gasteiger partial charge in [0.05, 0.1) is 12.4 Å². The molecule has 1 fully saturated rings. The number of hydrogen-bond acceptors (Lipinski definition) is 2. The van der Waals surface area contributed by atoms with Gasteiger partial charge in [-0.2, -0.15) is 0 Å². The van der Waals surface area contributed by atoms with E-state index in [2.05, 4.69) is 16.4 Å². The molecular weight excluding hydrogens is 136 g/mol. The average molecular weight is 151 g/mol. The molecular formula is C9H15N2. The molecule has 2 aliphatic rings. The Kier molecular flexibility index (Phi) is 2.11. The van der Waals surface area contributed by atoms with Crippen molar-refractivity contribution in [3.63, 3.8) is 0 Å². The minimum atomic E-state index is 1.06. The molecule has 0 N–H and O–H groups in total. The highest BCUT2D eigenvalue weighted by Crippen LogP contribution is 2.18. The van der Waals surface area contributed by atoms with Gasteiger partial charge in [-0.3, -0.25) is 4.99 Å². The van der Waals surface area contributed by atoms with Gasteiger partial charge in [0.2, 0.25) is 0 Å². The zero-order valence-corrected chi connectivity index (χ0v) is 6.92. The molecule has 0 aromatic rings. The van der Waals surface area contributed by atoms with E-state index >= 15 is 0 Å². The number of amidine groups is 1. The number of hydrogen-bond donors (Lipinski definition) is 0. The second kappa shape index (κ2) is 3.24. The fraction of sp³-hybridized carbons (Fsp3) is 0.778. The summed E-state index contributed by atoms with van der Waals surface area (Å²) in [6.07, 6.45) is 6.36. The first-order valence-electron chi connectivity index (χ1n) is 4.60. The molecule has 2 rings (SSSR count). The Bertz CT molecular complexity index is 163. The summed E-state index contributed by atoms with van der Waals surface area (Å²) in [5, 5.41) is 0. The SMILES string of the molecule is [CH]1CCCCC2=NCCCN12. The smallest absolute Gasteiger partial charge is 0.0992 e. The van der Waals surface area contributed by atoms with Gasteiger partial charge in [-0.25, -0.2) is 0 Å². The Morgan fingerprint density at radius 1 is 1.27 bits per heavy atom. The molecule has 2 nitrogen and oxygen atoms in total. The fourth-order valence-corrected chi connectivity index (χ4v) is 1.76. The Morgan fingerprint density at radius 2 is 2.27 bits per heavy atom. The fourth-order valence-electron chi connectivity index (χ4n) is 1.76. The van der Waals surface area contributed by atoms with Crippen LogP contribution in [0.1, 0.15) is 32.1 Å². The molecule has 11 heavy (non-hydrogen) atoms. The highest BCUT2D eigenvalue weighted by atomic mass is 15.2. The molecule has 0 aromatic heterocycles. The summed E-state index contributed by atoms with van der Waals surface area (Å²) in [4.78, 5) is 6.88. The van der Waals surface area contributed by atoms with Crippen LogP contribution in [0.4, 0.5) is 0 Å². The Labute approximate surface area is 68.3 Å². The van der Waals surface area contributed by atoms with Crippen LogP contribution in [0.25, 0.3) is 0 Å². The average Bonchev–Trinajstić information content (AvgIpc) is 2.28. The zero-order valence-electron chi connectivity index (χ0n) is 6.92. The third-order valence-corrected chi connectivity index (χ3v) is 2.39. The lowest BCUT2D eigenvalue weighted by Gasteiger charge is -2.26. The molecule has 0 aromatic carbocycles. The van der Waals surface area contributed by atoms with Crippen LogP contribution in [0.5, 0.6) is 0 Å². The normalized spacial score (nSPS) is 25.5. The van der Waals surface area contributed by atoms with Crippen LogP contribution in [0.2, 0.25) is 0 Å². The van der Waals surface area contributed by atoms with Gasteiger partial charge in [0, 0.05) is 19.5 Å². The summed E-state index contributed by atoms with van der Waals surface area (Å²) in [6, 6.07) is 0. The minimum absolute atomic E-state index is 1.06. The maximum absolute atomic E-state index is 4.52. The molecule has 0 amide bonds. The quantitative estimate of drug-likeness (QED) is 0.515. The number of nitrogens with zero attached hydrogens (tertiary/aromatic N) is 2. The van der Waals surface area contributed by atoms with Gasteiger partial charge in [-0.15, -0.1) is 0 Å². The molecule has 0 spiro atoms. The summed E-state index contributed by atoms with van der Waals surface area (Å²) in [7, 11) is 0. The van der Waals surface area contributed by atoms with E-state index in [-0.39, 0.29) is 0 Å². The number of aliphatic imine (C=N–C) groups is 1. The van der Waals surface area contributed by atoms with E-state index in [0.717, 1.165) is 6.54 Å². The monoisotopic (exact) mass is 151 g/mol. The van der Waals surface area contributed by atoms with E-state index < -0.39 is 0 Å². The van der Waals surface area contributed by atoms with Crippen molar-refractivity contribution in [3.8, 4) is 0 Å². The van der Waals surface area contributed by atoms with Crippen LogP contribution < -0.4 is 0 Å². The first kappa shape index (κ1) is 7.14. The van der Waals surface area contributed by atoms with Crippen LogP contribution >= 0.6 is 0 Å². The summed E-state index contributed by atoms with van der Waals surface area (Å²) >= 11 is 0. The molecule has 2 heteroatoms. The van der Waals surface area contributed by atoms with Crippen LogP contribution in [-0.2, 0) is 0 Å². The highest BCUT2D eigenvalue weighted by Gasteiger charge is 2.16. The van der Waals surface area contributed by atoms with Gasteiger partial charge in [0.1, 0.15) is 0 Å². The molecule has 1 radical (unpaired) electrons. The summed E-state index contributed by atoms with van der Waals surface area (Å²) in [5.74, 6) is 1.34. The lowest BCUT2D eigenvalue weighted by Crippen LogP contribution is -2.32. The van der Waals surface area contributed by atoms with Crippen LogP contribution in [0, 0.1) is 6.54 Å². The topological polar surface area (TPSA) is 15.6 Å². The Balaban J connectivity index is 2.07. The van der Waals surface area contributed by atoms with E-state index in [4.69, 9.17) is 0 Å². The lowest BCUT2D eigenvalue weighted by molar-refractivity contribution is 0.450. The second-order valence-corrected chi connectivity index (χ2v) is 3.27. The number of fused-ring (bicyclic) bond motifs is 1. The van der Waals surface area contributed by atoms with Gasteiger partial charge in [0.15, 0.2) is 0 Å². The van der Waals surface area contributed by atoms with Crippen molar-refractivity contribution in [1.82, 2.24) is 4.90 Å². The van der Waals surface area contributed by atoms with Crippen molar-refractivity contribution in [1.29, 1.82) is 0 Å². The van der Waals surface area contributed by atoms with Crippen molar-refractivity contribution in [2.24, 2.45) is 4.99 Å². The van der Waals surface area contributed by atoms with E-state index in [1.165, 1.54) is 44.5 Å². The maximum Gasteiger partial charge on any atom is 0.0992 e. The van der Waals surface area contributed by atoms with Gasteiger partial charge < -0.3 is 4.90 Å². The van der Waals surface area contributed by atoms with Crippen molar-refractivity contribution in [3.05, 3.63) is 6.54 Å². The summed E-state index contributed by atoms with van der Waals surface area (Å²) in [6.45, 7) is 4.59. The van der Waals surface area contributed by atoms with E-state index in [1.54, 1.807) is 0 Å². The first-order valence-corrected chi connectivity index (χ1v) is 4.60. The van der Waals surface area contributed by atoms with Gasteiger partial charge in [-0.1, -0.05) is 6.42 Å². The molecule has 61 valence electrons. The minimum Gasteiger partial charge on any atom is -0.355 e. The zero-order chi connectivity index (χ0) is 7.52. The van der Waals surface area contributed by atoms with Crippen molar-refractivity contribution in [2.45, 2.75) is 32.1 Å². The van der Waals surface area contributed by atoms with Crippen LogP contribution in [-0.4, -0.2) is 23.8 Å². The molecule has 2 aliphatic heterocycles. The third kappa shape index (κ3) is 1.55. The van der Waals surface area contributed by atoms with Gasteiger partial charge in [-0.05, 0) is 19.3 Å². The largest absolute Gasteiger partial charge is 0.355 e. The van der Waals surface area contributed by atoms with Crippen LogP contribution in [0.15, 0.2) is 4.99 Å². The summed E-state index contributed by atoms with van der Waals surface area (Å²) in [5.41, 5.74) is 0. The maximum atomic E-state index is 4.52. The predicted molar refractivity (Wildman–Crippen MR) is 46.4 cm³/mol. The van der Waals surface area contributed by atoms with E-state index in [0.29, 0.717) is 0 Å². The Hall–Kier alpha value is -0.530. The first-order chi connectivity index (χ1) is 5.47. The highest BCUT2D eigenvalue weighted by molar-refractivity contribution is 5.83. The third-order valence-electron chi connectivity index (χ3n) is 2.39. The molecule has 0 atom stereocenters. The van der Waals surface area contributed by atoms with E-state index in [1.807, 2.05) is 0 Å². The van der Waals surface area contributed by atoms with Crippen molar-refractivity contribution in [2.75, 3.05) is 13.1 Å². The number of rotatable bonds is 0. The molecule has 0 saturated carbocycles. The second-order valence-electron chi connectivity index (χ2n) is 3.27. The molecule has 0 aliphatic carbocycles. The standard InChI is InChI=1S/C9H15N2/c1-2-5-9-10-6-4-8-11(9)7-3-1/h7H,1-6,8H2. The van der Waals surface area contributed by atoms with E-state index in [9.17, 15) is 0 Å². The van der Waals surface area contributed by atoms with Crippen molar-refractivity contribution < 1.29 is 0 Å². The van der Waals surface area contributed by atoms with Crippen molar-refractivity contribution >= 4 is 5.84 Å². The van der Waals surface area contributed by atoms with Gasteiger partial charge in [0.25, 0.3) is 0 Å². The molecule has 0 unspecified atom stereocenters. The van der Waals surface area contributed by atoms with Gasteiger partial charge >= 0.3 is 0 Å². The summed E-state index contributed by atoms with van der Waals surface area (Å²) < 4.78 is 0. The lowest BCUT2D eigenvalue weighted by atomic mass is 10.2. The molecule has 0 bridgehead atoms. The van der Waals surface area contributed by atoms with Crippen LogP contribution in [0.3, 0.4) is 0 Å². The predicted octanol–water partition coefficient (Wildman–Crippen LogP) is 1.83. The Morgan fingerprint density at radius 3 is 3.27 bits per heavy atom. The molecule has 2 heterocycles. The molecule has 1 saturated heterocycles.